The summed E-state index contributed by atoms with van der Waals surface area (Å²) in [7, 11) is 4.15. The summed E-state index contributed by atoms with van der Waals surface area (Å²) in [5.74, 6) is 2.31. The molecule has 0 unspecified atom stereocenters. The Labute approximate surface area is 434 Å². The van der Waals surface area contributed by atoms with Gasteiger partial charge in [0.15, 0.2) is 0 Å². The quantitative estimate of drug-likeness (QED) is 0.152. The summed E-state index contributed by atoms with van der Waals surface area (Å²) in [5.41, 5.74) is 20.8. The second-order valence-corrected chi connectivity index (χ2v) is 19.8. The molecule has 0 saturated heterocycles. The SMILES string of the molecule is CN(C)c1ccnc(-n2c3cc(Oc4cccc(N5CN(c6c(-c7ccccc7)cccc6-c6ccccc6)c6ccccc65)c4)ccc3c3c4c(ccc32)-n2c3ccccc3c3cccc(c32)-c2ccccc2-4)c1. The predicted molar refractivity (Wildman–Crippen MR) is 311 cm³/mol. The summed E-state index contributed by atoms with van der Waals surface area (Å²) in [6, 6.07) is 85.2. The average Bonchev–Trinajstić information content (AvgIpc) is 4.24. The van der Waals surface area contributed by atoms with Crippen LogP contribution in [-0.4, -0.2) is 34.9 Å². The molecule has 5 heterocycles. The molecular formula is C68H48N6O. The summed E-state index contributed by atoms with van der Waals surface area (Å²) in [4.78, 5) is 12.1. The van der Waals surface area contributed by atoms with Crippen LogP contribution in [0.2, 0.25) is 0 Å². The third kappa shape index (κ3) is 6.64. The molecule has 3 aromatic heterocycles. The highest BCUT2D eigenvalue weighted by Gasteiger charge is 2.32. The van der Waals surface area contributed by atoms with Gasteiger partial charge in [0.05, 0.1) is 44.8 Å². The number of para-hydroxylation sites is 5. The van der Waals surface area contributed by atoms with Crippen LogP contribution in [0.15, 0.2) is 243 Å². The first-order valence-corrected chi connectivity index (χ1v) is 25.6. The van der Waals surface area contributed by atoms with Gasteiger partial charge < -0.3 is 24.0 Å². The number of ether oxygens (including phenoxy) is 1. The molecule has 10 aromatic carbocycles. The van der Waals surface area contributed by atoms with Crippen molar-refractivity contribution in [1.82, 2.24) is 14.1 Å². The van der Waals surface area contributed by atoms with Crippen LogP contribution >= 0.6 is 0 Å². The fourth-order valence-corrected chi connectivity index (χ4v) is 12.1. The molecule has 15 rings (SSSR count). The number of pyridine rings is 1. The van der Waals surface area contributed by atoms with Crippen molar-refractivity contribution in [3.05, 3.63) is 243 Å². The topological polar surface area (TPSA) is 41.7 Å². The number of hydrogen-bond acceptors (Lipinski definition) is 5. The molecule has 7 heteroatoms. The van der Waals surface area contributed by atoms with Crippen molar-refractivity contribution in [1.29, 1.82) is 0 Å². The normalized spacial score (nSPS) is 12.6. The van der Waals surface area contributed by atoms with Crippen molar-refractivity contribution in [2.75, 3.05) is 35.5 Å². The Morgan fingerprint density at radius 2 is 1.07 bits per heavy atom. The van der Waals surface area contributed by atoms with Crippen LogP contribution in [0, 0.1) is 0 Å². The van der Waals surface area contributed by atoms with Gasteiger partial charge in [-0.05, 0) is 82.9 Å². The molecule has 0 aliphatic carbocycles. The van der Waals surface area contributed by atoms with E-state index in [1.165, 1.54) is 77.4 Å². The van der Waals surface area contributed by atoms with Crippen LogP contribution in [0.1, 0.15) is 0 Å². The maximum atomic E-state index is 7.01. The van der Waals surface area contributed by atoms with E-state index < -0.39 is 0 Å². The summed E-state index contributed by atoms with van der Waals surface area (Å²) in [6.07, 6.45) is 1.91. The first-order chi connectivity index (χ1) is 37.1. The van der Waals surface area contributed by atoms with Gasteiger partial charge in [0.1, 0.15) is 24.0 Å². The lowest BCUT2D eigenvalue weighted by Gasteiger charge is -2.27. The number of benzene rings is 10. The minimum atomic E-state index is 0.612. The predicted octanol–water partition coefficient (Wildman–Crippen LogP) is 17.4. The number of fused-ring (bicyclic) bond motifs is 13. The number of hydrogen-bond donors (Lipinski definition) is 0. The van der Waals surface area contributed by atoms with Gasteiger partial charge in [0, 0.05) is 93.7 Å². The smallest absolute Gasteiger partial charge is 0.139 e. The molecule has 2 aliphatic rings. The Morgan fingerprint density at radius 3 is 1.85 bits per heavy atom. The van der Waals surface area contributed by atoms with Gasteiger partial charge in [-0.3, -0.25) is 4.57 Å². The van der Waals surface area contributed by atoms with Crippen molar-refractivity contribution < 1.29 is 4.74 Å². The minimum absolute atomic E-state index is 0.612. The van der Waals surface area contributed by atoms with Crippen LogP contribution in [0.3, 0.4) is 0 Å². The number of anilines is 5. The second-order valence-electron chi connectivity index (χ2n) is 19.8. The first kappa shape index (κ1) is 42.8. The maximum absolute atomic E-state index is 7.01. The highest BCUT2D eigenvalue weighted by molar-refractivity contribution is 6.23. The van der Waals surface area contributed by atoms with E-state index in [4.69, 9.17) is 9.72 Å². The van der Waals surface area contributed by atoms with Gasteiger partial charge >= 0.3 is 0 Å². The molecule has 75 heavy (non-hydrogen) atoms. The molecule has 0 fully saturated rings. The van der Waals surface area contributed by atoms with E-state index in [2.05, 4.69) is 275 Å². The molecule has 356 valence electrons. The zero-order chi connectivity index (χ0) is 49.7. The number of nitrogens with zero attached hydrogens (tertiary/aromatic N) is 6. The van der Waals surface area contributed by atoms with Crippen molar-refractivity contribution in [3.8, 4) is 67.5 Å². The molecular weight excluding hydrogens is 917 g/mol. The Morgan fingerprint density at radius 1 is 0.427 bits per heavy atom. The third-order valence-corrected chi connectivity index (χ3v) is 15.4. The van der Waals surface area contributed by atoms with Gasteiger partial charge in [0.25, 0.3) is 0 Å². The molecule has 0 N–H and O–H groups in total. The molecule has 0 atom stereocenters. The molecule has 0 amide bonds. The highest BCUT2D eigenvalue weighted by Crippen LogP contribution is 2.53. The van der Waals surface area contributed by atoms with Crippen LogP contribution in [-0.2, 0) is 0 Å². The summed E-state index contributed by atoms with van der Waals surface area (Å²) < 4.78 is 11.8. The lowest BCUT2D eigenvalue weighted by Crippen LogP contribution is -2.24. The summed E-state index contributed by atoms with van der Waals surface area (Å²) in [5, 5.41) is 4.78. The van der Waals surface area contributed by atoms with Gasteiger partial charge in [-0.2, -0.15) is 0 Å². The van der Waals surface area contributed by atoms with Crippen LogP contribution in [0.5, 0.6) is 11.5 Å². The average molecular weight is 965 g/mol. The maximum Gasteiger partial charge on any atom is 0.139 e. The lowest BCUT2D eigenvalue weighted by molar-refractivity contribution is 0.483. The monoisotopic (exact) mass is 964 g/mol. The number of aromatic nitrogens is 3. The van der Waals surface area contributed by atoms with Crippen molar-refractivity contribution >= 4 is 72.0 Å². The minimum Gasteiger partial charge on any atom is -0.457 e. The lowest BCUT2D eigenvalue weighted by atomic mass is 9.91. The van der Waals surface area contributed by atoms with E-state index in [0.29, 0.717) is 6.67 Å². The fourth-order valence-electron chi connectivity index (χ4n) is 12.1. The Balaban J connectivity index is 0.876. The molecule has 0 bridgehead atoms. The van der Waals surface area contributed by atoms with E-state index >= 15 is 0 Å². The van der Waals surface area contributed by atoms with Crippen molar-refractivity contribution in [2.45, 2.75) is 0 Å². The van der Waals surface area contributed by atoms with Crippen LogP contribution < -0.4 is 19.4 Å². The van der Waals surface area contributed by atoms with Crippen LogP contribution in [0.4, 0.5) is 28.4 Å². The van der Waals surface area contributed by atoms with Gasteiger partial charge in [-0.1, -0.05) is 158 Å². The molecule has 0 spiro atoms. The molecule has 0 radical (unpaired) electrons. The van der Waals surface area contributed by atoms with Crippen LogP contribution in [0.25, 0.3) is 99.6 Å². The van der Waals surface area contributed by atoms with E-state index in [1.54, 1.807) is 0 Å². The second kappa shape index (κ2) is 16.9. The van der Waals surface area contributed by atoms with Gasteiger partial charge in [0.2, 0.25) is 0 Å². The third-order valence-electron chi connectivity index (χ3n) is 15.4. The van der Waals surface area contributed by atoms with Crippen molar-refractivity contribution in [3.63, 3.8) is 0 Å². The Kier molecular flexibility index (Phi) is 9.63. The largest absolute Gasteiger partial charge is 0.457 e. The zero-order valence-corrected chi connectivity index (χ0v) is 41.4. The number of rotatable bonds is 8. The summed E-state index contributed by atoms with van der Waals surface area (Å²) in [6.45, 7) is 0.612. The van der Waals surface area contributed by atoms with Crippen molar-refractivity contribution in [2.24, 2.45) is 0 Å². The van der Waals surface area contributed by atoms with E-state index in [9.17, 15) is 0 Å². The van der Waals surface area contributed by atoms with E-state index in [-0.39, 0.29) is 0 Å². The zero-order valence-electron chi connectivity index (χ0n) is 41.4. The Bertz CT molecular complexity index is 4360. The Hall–Kier alpha value is -9.85. The van der Waals surface area contributed by atoms with Gasteiger partial charge in [-0.15, -0.1) is 0 Å². The fraction of sp³-hybridized carbons (Fsp3) is 0.0441. The standard InChI is InChI=1S/C68H48N6O/c1-70(2)46-38-39-69-64(41-46)73-61-36-37-62-65(54-26-10-9-24-52(54)55-29-17-30-56-53-25-11-12-31-58(53)74(62)68(55)56)66(61)57-35-34-49(42-63(57)73)75-48-23-15-22-47(40-48)71-43-72(60-33-14-13-32-59(60)71)67-50(44-18-5-3-6-19-44)27-16-28-51(67)45-20-7-4-8-21-45/h3-42H,43H2,1-2H3. The molecule has 13 aromatic rings. The molecule has 7 nitrogen and oxygen atoms in total. The van der Waals surface area contributed by atoms with E-state index in [0.717, 1.165) is 62.2 Å². The summed E-state index contributed by atoms with van der Waals surface area (Å²) >= 11 is 0. The van der Waals surface area contributed by atoms with E-state index in [1.807, 2.05) is 6.20 Å². The first-order valence-electron chi connectivity index (χ1n) is 25.6. The highest BCUT2D eigenvalue weighted by atomic mass is 16.5. The van der Waals surface area contributed by atoms with Gasteiger partial charge in [-0.25, -0.2) is 4.98 Å². The molecule has 0 saturated carbocycles. The molecule has 2 aliphatic heterocycles.